The molecule has 0 radical (unpaired) electrons. The van der Waals surface area contributed by atoms with Crippen molar-refractivity contribution in [3.05, 3.63) is 0 Å². The van der Waals surface area contributed by atoms with Crippen LogP contribution in [0.5, 0.6) is 0 Å². The molecular weight excluding hydrogens is 174 g/mol. The molecule has 0 atom stereocenters. The first kappa shape index (κ1) is 13.5. The molecule has 0 bridgehead atoms. The first-order chi connectivity index (χ1) is 6.71. The highest BCUT2D eigenvalue weighted by molar-refractivity contribution is 5.78. The number of nitrogens with zero attached hydrogens (tertiary/aromatic N) is 1. The lowest BCUT2D eigenvalue weighted by Crippen LogP contribution is -2.37. The van der Waals surface area contributed by atoms with E-state index in [1.807, 2.05) is 4.90 Å². The minimum atomic E-state index is 0.244. The number of carbonyl (C=O) groups is 1. The predicted octanol–water partition coefficient (Wildman–Crippen LogP) is 3.07. The van der Waals surface area contributed by atoms with E-state index in [9.17, 15) is 4.79 Å². The van der Waals surface area contributed by atoms with Gasteiger partial charge in [0.15, 0.2) is 0 Å². The van der Waals surface area contributed by atoms with Crippen LogP contribution in [0.2, 0.25) is 0 Å². The predicted molar refractivity (Wildman–Crippen MR) is 61.2 cm³/mol. The summed E-state index contributed by atoms with van der Waals surface area (Å²) in [6.07, 6.45) is 4.07. The third-order valence-corrected chi connectivity index (χ3v) is 2.63. The molecule has 0 heterocycles. The maximum Gasteiger partial charge on any atom is 0.225 e. The lowest BCUT2D eigenvalue weighted by molar-refractivity contribution is -0.135. The van der Waals surface area contributed by atoms with E-state index in [0.29, 0.717) is 5.91 Å². The number of carbonyl (C=O) groups excluding carboxylic acids is 1. The highest BCUT2D eigenvalue weighted by atomic mass is 16.2. The molecule has 84 valence electrons. The van der Waals surface area contributed by atoms with Gasteiger partial charge in [-0.05, 0) is 25.7 Å². The van der Waals surface area contributed by atoms with Crippen molar-refractivity contribution in [1.82, 2.24) is 4.90 Å². The zero-order valence-electron chi connectivity index (χ0n) is 10.2. The van der Waals surface area contributed by atoms with Crippen molar-refractivity contribution in [2.24, 2.45) is 5.92 Å². The fourth-order valence-electron chi connectivity index (χ4n) is 1.77. The zero-order valence-corrected chi connectivity index (χ0v) is 10.2. The van der Waals surface area contributed by atoms with Gasteiger partial charge in [-0.25, -0.2) is 0 Å². The van der Waals surface area contributed by atoms with Crippen LogP contribution in [0.3, 0.4) is 0 Å². The highest BCUT2D eigenvalue weighted by Gasteiger charge is 2.19. The van der Waals surface area contributed by atoms with Gasteiger partial charge in [0.25, 0.3) is 0 Å². The molecule has 0 aromatic rings. The van der Waals surface area contributed by atoms with Crippen LogP contribution in [0.15, 0.2) is 0 Å². The maximum absolute atomic E-state index is 12.0. The van der Waals surface area contributed by atoms with Crippen LogP contribution < -0.4 is 0 Å². The van der Waals surface area contributed by atoms with E-state index in [-0.39, 0.29) is 5.92 Å². The molecule has 1 amide bonds. The van der Waals surface area contributed by atoms with Gasteiger partial charge in [-0.15, -0.1) is 0 Å². The second-order valence-corrected chi connectivity index (χ2v) is 3.84. The third-order valence-electron chi connectivity index (χ3n) is 2.63. The zero-order chi connectivity index (χ0) is 11.0. The topological polar surface area (TPSA) is 20.3 Å². The summed E-state index contributed by atoms with van der Waals surface area (Å²) in [5.74, 6) is 0.604. The summed E-state index contributed by atoms with van der Waals surface area (Å²) >= 11 is 0. The van der Waals surface area contributed by atoms with Gasteiger partial charge in [-0.2, -0.15) is 0 Å². The molecule has 0 aliphatic carbocycles. The lowest BCUT2D eigenvalue weighted by atomic mass is 10.0. The minimum absolute atomic E-state index is 0.244. The number of rotatable bonds is 7. The van der Waals surface area contributed by atoms with Crippen molar-refractivity contribution in [2.75, 3.05) is 13.1 Å². The molecule has 0 aliphatic rings. The molecule has 0 N–H and O–H groups in total. The molecule has 0 saturated carbocycles. The molecular formula is C12H25NO. The average molecular weight is 199 g/mol. The smallest absolute Gasteiger partial charge is 0.225 e. The van der Waals surface area contributed by atoms with Crippen LogP contribution >= 0.6 is 0 Å². The number of hydrogen-bond acceptors (Lipinski definition) is 1. The van der Waals surface area contributed by atoms with Crippen LogP contribution in [0.1, 0.15) is 53.4 Å². The molecule has 0 spiro atoms. The van der Waals surface area contributed by atoms with Crippen molar-refractivity contribution in [2.45, 2.75) is 53.4 Å². The molecule has 0 aromatic heterocycles. The van der Waals surface area contributed by atoms with Crippen molar-refractivity contribution < 1.29 is 4.79 Å². The Balaban J connectivity index is 4.24. The van der Waals surface area contributed by atoms with Crippen LogP contribution in [-0.4, -0.2) is 23.9 Å². The van der Waals surface area contributed by atoms with E-state index in [0.717, 1.165) is 38.8 Å². The van der Waals surface area contributed by atoms with Crippen molar-refractivity contribution >= 4 is 5.91 Å². The Labute approximate surface area is 88.7 Å². The second kappa shape index (κ2) is 7.84. The summed E-state index contributed by atoms with van der Waals surface area (Å²) < 4.78 is 0. The molecule has 0 aromatic carbocycles. The van der Waals surface area contributed by atoms with Crippen molar-refractivity contribution in [3.8, 4) is 0 Å². The Morgan fingerprint density at radius 1 is 1.00 bits per heavy atom. The summed E-state index contributed by atoms with van der Waals surface area (Å²) in [7, 11) is 0. The van der Waals surface area contributed by atoms with E-state index in [4.69, 9.17) is 0 Å². The molecule has 0 aliphatic heterocycles. The molecule has 0 rings (SSSR count). The molecule has 0 unspecified atom stereocenters. The van der Waals surface area contributed by atoms with E-state index >= 15 is 0 Å². The Kier molecular flexibility index (Phi) is 7.54. The third kappa shape index (κ3) is 4.12. The first-order valence-corrected chi connectivity index (χ1v) is 5.99. The van der Waals surface area contributed by atoms with Gasteiger partial charge in [0.05, 0.1) is 0 Å². The van der Waals surface area contributed by atoms with Gasteiger partial charge >= 0.3 is 0 Å². The van der Waals surface area contributed by atoms with E-state index in [2.05, 4.69) is 27.7 Å². The summed E-state index contributed by atoms with van der Waals surface area (Å²) in [5, 5.41) is 0. The Morgan fingerprint density at radius 2 is 1.43 bits per heavy atom. The van der Waals surface area contributed by atoms with Crippen LogP contribution in [0.25, 0.3) is 0 Å². The molecule has 14 heavy (non-hydrogen) atoms. The summed E-state index contributed by atoms with van der Waals surface area (Å²) in [6.45, 7) is 10.3. The summed E-state index contributed by atoms with van der Waals surface area (Å²) in [4.78, 5) is 14.0. The van der Waals surface area contributed by atoms with Gasteiger partial charge in [-0.3, -0.25) is 4.79 Å². The Bertz CT molecular complexity index is 146. The molecule has 2 heteroatoms. The number of amides is 1. The monoisotopic (exact) mass is 199 g/mol. The van der Waals surface area contributed by atoms with Crippen LogP contribution in [-0.2, 0) is 4.79 Å². The van der Waals surface area contributed by atoms with Crippen LogP contribution in [0, 0.1) is 5.92 Å². The second-order valence-electron chi connectivity index (χ2n) is 3.84. The van der Waals surface area contributed by atoms with E-state index < -0.39 is 0 Å². The van der Waals surface area contributed by atoms with Crippen molar-refractivity contribution in [1.29, 1.82) is 0 Å². The van der Waals surface area contributed by atoms with Gasteiger partial charge in [0.1, 0.15) is 0 Å². The molecule has 0 fully saturated rings. The Morgan fingerprint density at radius 3 is 1.71 bits per heavy atom. The van der Waals surface area contributed by atoms with E-state index in [1.165, 1.54) is 0 Å². The number of hydrogen-bond donors (Lipinski definition) is 0. The van der Waals surface area contributed by atoms with Crippen LogP contribution in [0.4, 0.5) is 0 Å². The largest absolute Gasteiger partial charge is 0.342 e. The van der Waals surface area contributed by atoms with E-state index in [1.54, 1.807) is 0 Å². The minimum Gasteiger partial charge on any atom is -0.342 e. The fourth-order valence-corrected chi connectivity index (χ4v) is 1.77. The summed E-state index contributed by atoms with van der Waals surface area (Å²) in [5.41, 5.74) is 0. The normalized spacial score (nSPS) is 10.6. The SMILES string of the molecule is CCCN(CCC)C(=O)C(CC)CC. The fraction of sp³-hybridized carbons (Fsp3) is 0.917. The lowest BCUT2D eigenvalue weighted by Gasteiger charge is -2.25. The average Bonchev–Trinajstić information content (AvgIpc) is 2.19. The standard InChI is InChI=1S/C12H25NO/c1-5-9-13(10-6-2)12(14)11(7-3)8-4/h11H,5-10H2,1-4H3. The highest BCUT2D eigenvalue weighted by Crippen LogP contribution is 2.12. The first-order valence-electron chi connectivity index (χ1n) is 5.99. The Hall–Kier alpha value is -0.530. The molecule has 2 nitrogen and oxygen atoms in total. The maximum atomic E-state index is 12.0. The molecule has 0 saturated heterocycles. The summed E-state index contributed by atoms with van der Waals surface area (Å²) in [6, 6.07) is 0. The van der Waals surface area contributed by atoms with Gasteiger partial charge in [-0.1, -0.05) is 27.7 Å². The van der Waals surface area contributed by atoms with Crippen molar-refractivity contribution in [3.63, 3.8) is 0 Å². The van der Waals surface area contributed by atoms with Gasteiger partial charge in [0.2, 0.25) is 5.91 Å². The van der Waals surface area contributed by atoms with Gasteiger partial charge < -0.3 is 4.90 Å². The van der Waals surface area contributed by atoms with Gasteiger partial charge in [0, 0.05) is 19.0 Å². The quantitative estimate of drug-likeness (QED) is 0.617.